The van der Waals surface area contributed by atoms with Crippen molar-refractivity contribution in [1.29, 1.82) is 0 Å². The van der Waals surface area contributed by atoms with Crippen molar-refractivity contribution in [3.8, 4) is 0 Å². The van der Waals surface area contributed by atoms with E-state index in [-0.39, 0.29) is 0 Å². The fraction of sp³-hybridized carbons (Fsp3) is 0.750. The van der Waals surface area contributed by atoms with E-state index < -0.39 is 30.4 Å². The van der Waals surface area contributed by atoms with Crippen LogP contribution in [0, 0.1) is 11.8 Å². The molecule has 2 amide bonds. The average molecular weight is 270 g/mol. The summed E-state index contributed by atoms with van der Waals surface area (Å²) in [5, 5.41) is 19.8. The lowest BCUT2D eigenvalue weighted by atomic mass is 10.0. The van der Waals surface area contributed by atoms with Crippen molar-refractivity contribution in [1.82, 2.24) is 10.2 Å². The van der Waals surface area contributed by atoms with Crippen LogP contribution in [0.4, 0.5) is 4.79 Å². The number of urea groups is 1. The van der Waals surface area contributed by atoms with Crippen molar-refractivity contribution >= 4 is 18.0 Å². The third-order valence-electron chi connectivity index (χ3n) is 3.99. The summed E-state index contributed by atoms with van der Waals surface area (Å²) >= 11 is 0. The maximum atomic E-state index is 11.9. The standard InChI is InChI=1S/C12H18N2O5/c15-10(16)4-9(11(17)18)13-12(19)14-5-7-2-1-3-8(7)6-14/h7-9H,1-6H2,(H,13,19)(H,15,16)(H,17,18)/t7?,8?,9-/m0/s1. The van der Waals surface area contributed by atoms with E-state index in [4.69, 9.17) is 10.2 Å². The Kier molecular flexibility index (Phi) is 3.92. The Balaban J connectivity index is 1.89. The minimum absolute atomic E-state index is 0.469. The molecule has 2 rings (SSSR count). The van der Waals surface area contributed by atoms with Gasteiger partial charge in [-0.05, 0) is 24.7 Å². The fourth-order valence-corrected chi connectivity index (χ4v) is 3.02. The van der Waals surface area contributed by atoms with Crippen LogP contribution in [0.1, 0.15) is 25.7 Å². The third kappa shape index (κ3) is 3.15. The van der Waals surface area contributed by atoms with E-state index in [1.165, 1.54) is 6.42 Å². The zero-order valence-electron chi connectivity index (χ0n) is 10.5. The molecule has 2 aliphatic rings. The van der Waals surface area contributed by atoms with Crippen LogP contribution in [0.15, 0.2) is 0 Å². The molecule has 1 aliphatic heterocycles. The summed E-state index contributed by atoms with van der Waals surface area (Å²) in [5.41, 5.74) is 0. The minimum atomic E-state index is -1.37. The van der Waals surface area contributed by atoms with Crippen molar-refractivity contribution < 1.29 is 24.6 Å². The number of amides is 2. The first-order chi connectivity index (χ1) is 8.97. The van der Waals surface area contributed by atoms with Crippen molar-refractivity contribution in [2.24, 2.45) is 11.8 Å². The number of carboxylic acid groups (broad SMARTS) is 2. The van der Waals surface area contributed by atoms with E-state index in [0.29, 0.717) is 24.9 Å². The predicted molar refractivity (Wildman–Crippen MR) is 64.6 cm³/mol. The smallest absolute Gasteiger partial charge is 0.326 e. The molecule has 7 heteroatoms. The Hall–Kier alpha value is -1.79. The molecule has 1 saturated carbocycles. The first kappa shape index (κ1) is 13.6. The highest BCUT2D eigenvalue weighted by Crippen LogP contribution is 2.37. The summed E-state index contributed by atoms with van der Waals surface area (Å²) in [4.78, 5) is 35.0. The average Bonchev–Trinajstić information content (AvgIpc) is 2.86. The van der Waals surface area contributed by atoms with Gasteiger partial charge in [0.1, 0.15) is 6.04 Å². The summed E-state index contributed by atoms with van der Waals surface area (Å²) in [5.74, 6) is -1.52. The summed E-state index contributed by atoms with van der Waals surface area (Å²) < 4.78 is 0. The number of nitrogens with zero attached hydrogens (tertiary/aromatic N) is 1. The molecule has 7 nitrogen and oxygen atoms in total. The van der Waals surface area contributed by atoms with E-state index in [2.05, 4.69) is 5.32 Å². The summed E-state index contributed by atoms with van der Waals surface area (Å²) in [6.07, 6.45) is 2.82. The fourth-order valence-electron chi connectivity index (χ4n) is 3.02. The molecule has 2 fully saturated rings. The molecule has 106 valence electrons. The van der Waals surface area contributed by atoms with Crippen LogP contribution in [0.2, 0.25) is 0 Å². The van der Waals surface area contributed by atoms with Crippen LogP contribution in [-0.4, -0.2) is 52.2 Å². The van der Waals surface area contributed by atoms with E-state index in [1.54, 1.807) is 4.90 Å². The topological polar surface area (TPSA) is 107 Å². The molecule has 0 aromatic carbocycles. The number of nitrogens with one attached hydrogen (secondary N) is 1. The highest BCUT2D eigenvalue weighted by atomic mass is 16.4. The van der Waals surface area contributed by atoms with Gasteiger partial charge >= 0.3 is 18.0 Å². The second-order valence-corrected chi connectivity index (χ2v) is 5.29. The summed E-state index contributed by atoms with van der Waals surface area (Å²) in [6.45, 7) is 1.30. The lowest BCUT2D eigenvalue weighted by Gasteiger charge is -2.20. The third-order valence-corrected chi connectivity index (χ3v) is 3.99. The van der Waals surface area contributed by atoms with Crippen LogP contribution >= 0.6 is 0 Å². The molecule has 1 aliphatic carbocycles. The van der Waals surface area contributed by atoms with Gasteiger partial charge in [0.05, 0.1) is 6.42 Å². The van der Waals surface area contributed by atoms with Crippen molar-refractivity contribution in [2.75, 3.05) is 13.1 Å². The number of carbonyl (C=O) groups is 3. The number of likely N-dealkylation sites (tertiary alicyclic amines) is 1. The van der Waals surface area contributed by atoms with Crippen molar-refractivity contribution in [2.45, 2.75) is 31.7 Å². The number of fused-ring (bicyclic) bond motifs is 1. The molecule has 0 aromatic heterocycles. The second-order valence-electron chi connectivity index (χ2n) is 5.29. The van der Waals surface area contributed by atoms with Crippen LogP contribution in [0.5, 0.6) is 0 Å². The molecule has 0 radical (unpaired) electrons. The van der Waals surface area contributed by atoms with E-state index in [1.807, 2.05) is 0 Å². The van der Waals surface area contributed by atoms with Gasteiger partial charge < -0.3 is 20.4 Å². The Morgan fingerprint density at radius 2 is 1.74 bits per heavy atom. The quantitative estimate of drug-likeness (QED) is 0.683. The van der Waals surface area contributed by atoms with Gasteiger partial charge in [0.2, 0.25) is 0 Å². The van der Waals surface area contributed by atoms with Crippen LogP contribution in [0.25, 0.3) is 0 Å². The Morgan fingerprint density at radius 1 is 1.16 bits per heavy atom. The lowest BCUT2D eigenvalue weighted by molar-refractivity contribution is -0.145. The van der Waals surface area contributed by atoms with Gasteiger partial charge in [-0.2, -0.15) is 0 Å². The molecule has 2 unspecified atom stereocenters. The molecule has 3 atom stereocenters. The SMILES string of the molecule is O=C(O)C[C@H](NC(=O)N1CC2CCCC2C1)C(=O)O. The summed E-state index contributed by atoms with van der Waals surface area (Å²) in [6, 6.07) is -1.84. The van der Waals surface area contributed by atoms with Crippen molar-refractivity contribution in [3.63, 3.8) is 0 Å². The highest BCUT2D eigenvalue weighted by molar-refractivity contribution is 5.86. The Labute approximate surface area is 110 Å². The van der Waals surface area contributed by atoms with E-state index in [9.17, 15) is 14.4 Å². The Morgan fingerprint density at radius 3 is 2.21 bits per heavy atom. The number of carbonyl (C=O) groups excluding carboxylic acids is 1. The van der Waals surface area contributed by atoms with Gasteiger partial charge in [0.25, 0.3) is 0 Å². The van der Waals surface area contributed by atoms with Gasteiger partial charge in [0, 0.05) is 13.1 Å². The van der Waals surface area contributed by atoms with Gasteiger partial charge in [-0.1, -0.05) is 6.42 Å². The first-order valence-corrected chi connectivity index (χ1v) is 6.47. The second kappa shape index (κ2) is 5.46. The van der Waals surface area contributed by atoms with Crippen LogP contribution < -0.4 is 5.32 Å². The molecular weight excluding hydrogens is 252 g/mol. The molecule has 0 spiro atoms. The zero-order valence-corrected chi connectivity index (χ0v) is 10.5. The molecule has 1 saturated heterocycles. The molecule has 0 bridgehead atoms. The maximum Gasteiger partial charge on any atom is 0.326 e. The van der Waals surface area contributed by atoms with Gasteiger partial charge in [0.15, 0.2) is 0 Å². The van der Waals surface area contributed by atoms with E-state index in [0.717, 1.165) is 12.8 Å². The molecule has 3 N–H and O–H groups in total. The first-order valence-electron chi connectivity index (χ1n) is 6.47. The number of aliphatic carboxylic acids is 2. The largest absolute Gasteiger partial charge is 0.481 e. The van der Waals surface area contributed by atoms with Crippen molar-refractivity contribution in [3.05, 3.63) is 0 Å². The van der Waals surface area contributed by atoms with Crippen LogP contribution in [-0.2, 0) is 9.59 Å². The van der Waals surface area contributed by atoms with Gasteiger partial charge in [-0.3, -0.25) is 4.79 Å². The Bertz CT molecular complexity index is 386. The zero-order chi connectivity index (χ0) is 14.0. The number of hydrogen-bond donors (Lipinski definition) is 3. The lowest BCUT2D eigenvalue weighted by Crippen LogP contribution is -2.48. The number of hydrogen-bond acceptors (Lipinski definition) is 3. The van der Waals surface area contributed by atoms with Gasteiger partial charge in [-0.25, -0.2) is 9.59 Å². The molecule has 19 heavy (non-hydrogen) atoms. The monoisotopic (exact) mass is 270 g/mol. The number of carboxylic acids is 2. The van der Waals surface area contributed by atoms with Crippen LogP contribution in [0.3, 0.4) is 0 Å². The molecule has 0 aromatic rings. The maximum absolute atomic E-state index is 11.9. The molecule has 1 heterocycles. The predicted octanol–water partition coefficient (Wildman–Crippen LogP) is 0.356. The minimum Gasteiger partial charge on any atom is -0.481 e. The summed E-state index contributed by atoms with van der Waals surface area (Å²) in [7, 11) is 0. The van der Waals surface area contributed by atoms with E-state index >= 15 is 0 Å². The van der Waals surface area contributed by atoms with Gasteiger partial charge in [-0.15, -0.1) is 0 Å². The normalized spacial score (nSPS) is 26.8. The number of rotatable bonds is 4. The highest BCUT2D eigenvalue weighted by Gasteiger charge is 2.38. The molecular formula is C12H18N2O5.